The number of hydrogen-bond donors (Lipinski definition) is 1. The van der Waals surface area contributed by atoms with E-state index in [9.17, 15) is 4.79 Å². The molecule has 156 valence electrons. The molecule has 1 atom stereocenters. The number of rotatable bonds is 9. The molecule has 1 aliphatic heterocycles. The summed E-state index contributed by atoms with van der Waals surface area (Å²) in [5, 5.41) is 8.41. The lowest BCUT2D eigenvalue weighted by Gasteiger charge is -2.25. The molecule has 0 spiro atoms. The maximum Gasteiger partial charge on any atom is 0.274 e. The standard InChI is InChI=1S/C22H36N4O2/c1-3-13-26-20-11-10-18(23-12-9-16-28-4-2)17-19(20)21(24-26)22(27)25-14-7-5-6-8-15-25/h3,18,23H,1,4-17H2,2H3/t18-/m0/s1. The first-order valence-electron chi connectivity index (χ1n) is 11.0. The number of nitrogens with zero attached hydrogens (tertiary/aromatic N) is 3. The second-order valence-electron chi connectivity index (χ2n) is 7.90. The number of likely N-dealkylation sites (tertiary alicyclic amines) is 1. The Kier molecular flexibility index (Phi) is 8.10. The lowest BCUT2D eigenvalue weighted by atomic mass is 9.91. The van der Waals surface area contributed by atoms with Crippen molar-refractivity contribution in [3.05, 3.63) is 29.6 Å². The van der Waals surface area contributed by atoms with E-state index in [0.29, 0.717) is 18.3 Å². The normalized spacial score (nSPS) is 19.9. The topological polar surface area (TPSA) is 59.4 Å². The Labute approximate surface area is 169 Å². The number of hydrogen-bond acceptors (Lipinski definition) is 4. The number of nitrogens with one attached hydrogen (secondary N) is 1. The number of amides is 1. The van der Waals surface area contributed by atoms with E-state index in [1.807, 2.05) is 22.6 Å². The summed E-state index contributed by atoms with van der Waals surface area (Å²) in [6, 6.07) is 0.409. The fraction of sp³-hybridized carbons (Fsp3) is 0.727. The Morgan fingerprint density at radius 1 is 1.32 bits per heavy atom. The molecule has 1 saturated heterocycles. The van der Waals surface area contributed by atoms with Gasteiger partial charge in [-0.3, -0.25) is 9.48 Å². The van der Waals surface area contributed by atoms with E-state index >= 15 is 0 Å². The van der Waals surface area contributed by atoms with Crippen molar-refractivity contribution in [3.8, 4) is 0 Å². The summed E-state index contributed by atoms with van der Waals surface area (Å²) >= 11 is 0. The molecule has 1 aromatic heterocycles. The predicted octanol–water partition coefficient (Wildman–Crippen LogP) is 2.96. The fourth-order valence-corrected chi connectivity index (χ4v) is 4.36. The van der Waals surface area contributed by atoms with Gasteiger partial charge in [-0.25, -0.2) is 0 Å². The van der Waals surface area contributed by atoms with Crippen LogP contribution in [-0.4, -0.2) is 59.5 Å². The molecule has 1 aliphatic carbocycles. The van der Waals surface area contributed by atoms with Gasteiger partial charge in [0.1, 0.15) is 0 Å². The van der Waals surface area contributed by atoms with Crippen LogP contribution in [0.2, 0.25) is 0 Å². The maximum absolute atomic E-state index is 13.3. The van der Waals surface area contributed by atoms with Crippen molar-refractivity contribution < 1.29 is 9.53 Å². The smallest absolute Gasteiger partial charge is 0.274 e. The van der Waals surface area contributed by atoms with Crippen LogP contribution >= 0.6 is 0 Å². The van der Waals surface area contributed by atoms with Crippen molar-refractivity contribution >= 4 is 5.91 Å². The Hall–Kier alpha value is -1.66. The van der Waals surface area contributed by atoms with Crippen molar-refractivity contribution in [2.24, 2.45) is 0 Å². The van der Waals surface area contributed by atoms with E-state index < -0.39 is 0 Å². The lowest BCUT2D eigenvalue weighted by molar-refractivity contribution is 0.0753. The summed E-state index contributed by atoms with van der Waals surface area (Å²) in [4.78, 5) is 15.3. The van der Waals surface area contributed by atoms with Crippen molar-refractivity contribution in [1.82, 2.24) is 20.0 Å². The van der Waals surface area contributed by atoms with Crippen LogP contribution in [0.4, 0.5) is 0 Å². The highest BCUT2D eigenvalue weighted by atomic mass is 16.5. The maximum atomic E-state index is 13.3. The predicted molar refractivity (Wildman–Crippen MR) is 112 cm³/mol. The van der Waals surface area contributed by atoms with Crippen molar-refractivity contribution in [1.29, 1.82) is 0 Å². The third kappa shape index (κ3) is 5.23. The van der Waals surface area contributed by atoms with Crippen molar-refractivity contribution in [2.45, 2.75) is 70.9 Å². The molecular formula is C22H36N4O2. The van der Waals surface area contributed by atoms with Gasteiger partial charge in [0.25, 0.3) is 5.91 Å². The molecule has 3 rings (SSSR count). The molecule has 1 amide bonds. The van der Waals surface area contributed by atoms with E-state index in [-0.39, 0.29) is 5.91 Å². The third-order valence-electron chi connectivity index (χ3n) is 5.85. The van der Waals surface area contributed by atoms with E-state index in [4.69, 9.17) is 9.84 Å². The molecule has 0 radical (unpaired) electrons. The molecule has 0 aromatic carbocycles. The van der Waals surface area contributed by atoms with Crippen LogP contribution < -0.4 is 5.32 Å². The van der Waals surface area contributed by atoms with Gasteiger partial charge in [0.05, 0.1) is 6.54 Å². The minimum atomic E-state index is 0.123. The van der Waals surface area contributed by atoms with E-state index in [0.717, 1.165) is 76.9 Å². The van der Waals surface area contributed by atoms with Crippen LogP contribution in [0, 0.1) is 0 Å². The number of aromatic nitrogens is 2. The number of carbonyl (C=O) groups excluding carboxylic acids is 1. The van der Waals surface area contributed by atoms with Gasteiger partial charge >= 0.3 is 0 Å². The molecule has 2 aliphatic rings. The first kappa shape index (κ1) is 21.1. The summed E-state index contributed by atoms with van der Waals surface area (Å²) in [6.07, 6.45) is 10.5. The van der Waals surface area contributed by atoms with Crippen LogP contribution in [0.3, 0.4) is 0 Å². The van der Waals surface area contributed by atoms with Crippen molar-refractivity contribution in [3.63, 3.8) is 0 Å². The van der Waals surface area contributed by atoms with E-state index in [2.05, 4.69) is 11.9 Å². The number of allylic oxidation sites excluding steroid dienone is 1. The molecule has 1 fully saturated rings. The zero-order chi connectivity index (χ0) is 19.8. The minimum Gasteiger partial charge on any atom is -0.382 e. The Morgan fingerprint density at radius 3 is 2.82 bits per heavy atom. The average molecular weight is 389 g/mol. The molecule has 0 unspecified atom stereocenters. The average Bonchev–Trinajstić information content (AvgIpc) is 2.88. The summed E-state index contributed by atoms with van der Waals surface area (Å²) in [7, 11) is 0. The second kappa shape index (κ2) is 10.8. The van der Waals surface area contributed by atoms with E-state index in [1.54, 1.807) is 0 Å². The Balaban J connectivity index is 1.71. The molecular weight excluding hydrogens is 352 g/mol. The van der Waals surface area contributed by atoms with Crippen LogP contribution in [0.1, 0.15) is 67.2 Å². The minimum absolute atomic E-state index is 0.123. The quantitative estimate of drug-likeness (QED) is 0.522. The van der Waals surface area contributed by atoms with Crippen LogP contribution in [-0.2, 0) is 24.1 Å². The summed E-state index contributed by atoms with van der Waals surface area (Å²) in [5.41, 5.74) is 3.06. The zero-order valence-corrected chi connectivity index (χ0v) is 17.4. The number of carbonyl (C=O) groups is 1. The van der Waals surface area contributed by atoms with Gasteiger partial charge in [0.15, 0.2) is 5.69 Å². The van der Waals surface area contributed by atoms with Crippen LogP contribution in [0.5, 0.6) is 0 Å². The summed E-state index contributed by atoms with van der Waals surface area (Å²) < 4.78 is 7.42. The molecule has 1 aromatic rings. The monoisotopic (exact) mass is 388 g/mol. The molecule has 0 saturated carbocycles. The third-order valence-corrected chi connectivity index (χ3v) is 5.85. The number of ether oxygens (including phenoxy) is 1. The molecule has 6 heteroatoms. The van der Waals surface area contributed by atoms with Gasteiger partial charge in [-0.15, -0.1) is 6.58 Å². The van der Waals surface area contributed by atoms with Gasteiger partial charge < -0.3 is 15.0 Å². The second-order valence-corrected chi connectivity index (χ2v) is 7.90. The summed E-state index contributed by atoms with van der Waals surface area (Å²) in [6.45, 7) is 10.8. The Morgan fingerprint density at radius 2 is 2.11 bits per heavy atom. The van der Waals surface area contributed by atoms with Gasteiger partial charge in [0.2, 0.25) is 0 Å². The first-order valence-corrected chi connectivity index (χ1v) is 11.0. The molecule has 2 heterocycles. The summed E-state index contributed by atoms with van der Waals surface area (Å²) in [5.74, 6) is 0.123. The first-order chi connectivity index (χ1) is 13.7. The Bertz CT molecular complexity index is 647. The van der Waals surface area contributed by atoms with Gasteiger partial charge in [-0.2, -0.15) is 5.10 Å². The van der Waals surface area contributed by atoms with Gasteiger partial charge in [-0.05, 0) is 52.0 Å². The van der Waals surface area contributed by atoms with Crippen LogP contribution in [0.25, 0.3) is 0 Å². The highest BCUT2D eigenvalue weighted by molar-refractivity contribution is 5.94. The SMILES string of the molecule is C=CCn1nc(C(=O)N2CCCCCC2)c2c1CC[C@H](NCCCOCC)C2. The van der Waals surface area contributed by atoms with E-state index in [1.165, 1.54) is 18.5 Å². The fourth-order valence-electron chi connectivity index (χ4n) is 4.36. The largest absolute Gasteiger partial charge is 0.382 e. The zero-order valence-electron chi connectivity index (χ0n) is 17.4. The lowest BCUT2D eigenvalue weighted by Crippen LogP contribution is -2.37. The highest BCUT2D eigenvalue weighted by Gasteiger charge is 2.31. The molecule has 1 N–H and O–H groups in total. The molecule has 6 nitrogen and oxygen atoms in total. The number of fused-ring (bicyclic) bond motifs is 1. The molecule has 28 heavy (non-hydrogen) atoms. The van der Waals surface area contributed by atoms with Gasteiger partial charge in [0, 0.05) is 43.6 Å². The van der Waals surface area contributed by atoms with Crippen LogP contribution in [0.15, 0.2) is 12.7 Å². The highest BCUT2D eigenvalue weighted by Crippen LogP contribution is 2.26. The molecule has 0 bridgehead atoms. The van der Waals surface area contributed by atoms with Crippen molar-refractivity contribution in [2.75, 3.05) is 32.8 Å². The van der Waals surface area contributed by atoms with Gasteiger partial charge in [-0.1, -0.05) is 18.9 Å².